The molecule has 0 radical (unpaired) electrons. The summed E-state index contributed by atoms with van der Waals surface area (Å²) in [7, 11) is 0. The van der Waals surface area contributed by atoms with Crippen molar-refractivity contribution in [1.82, 2.24) is 10.2 Å². The van der Waals surface area contributed by atoms with Gasteiger partial charge in [-0.05, 0) is 19.3 Å². The summed E-state index contributed by atoms with van der Waals surface area (Å²) in [4.78, 5) is 36.7. The maximum Gasteiger partial charge on any atom is 0.329 e. The molecule has 19 heavy (non-hydrogen) atoms. The molecule has 0 aromatic carbocycles. The molecule has 1 saturated carbocycles. The fraction of sp³-hybridized carbons (Fsp3) is 0.750. The van der Waals surface area contributed by atoms with Crippen molar-refractivity contribution in [3.63, 3.8) is 0 Å². The van der Waals surface area contributed by atoms with Crippen molar-refractivity contribution in [1.29, 1.82) is 0 Å². The van der Waals surface area contributed by atoms with Crippen LogP contribution in [-0.4, -0.2) is 51.0 Å². The summed E-state index contributed by atoms with van der Waals surface area (Å²) in [5, 5.41) is 11.8. The van der Waals surface area contributed by atoms with E-state index in [1.807, 2.05) is 0 Å². The molecule has 2 N–H and O–H groups in total. The van der Waals surface area contributed by atoms with Gasteiger partial charge in [0.05, 0.1) is 5.88 Å². The quantitative estimate of drug-likeness (QED) is 0.782. The Morgan fingerprint density at radius 3 is 2.58 bits per heavy atom. The first-order valence-corrected chi connectivity index (χ1v) is 7.58. The van der Waals surface area contributed by atoms with Gasteiger partial charge in [-0.15, -0.1) is 11.8 Å². The normalized spacial score (nSPS) is 24.7. The lowest BCUT2D eigenvalue weighted by Gasteiger charge is -2.39. The van der Waals surface area contributed by atoms with E-state index < -0.39 is 17.6 Å². The highest BCUT2D eigenvalue weighted by atomic mass is 32.2. The zero-order chi connectivity index (χ0) is 14.0. The van der Waals surface area contributed by atoms with Crippen LogP contribution in [0.25, 0.3) is 0 Å². The molecule has 1 aliphatic heterocycles. The minimum absolute atomic E-state index is 0.0665. The first-order chi connectivity index (χ1) is 9.00. The smallest absolute Gasteiger partial charge is 0.329 e. The van der Waals surface area contributed by atoms with Crippen LogP contribution in [0.3, 0.4) is 0 Å². The Labute approximate surface area is 115 Å². The fourth-order valence-corrected chi connectivity index (χ4v) is 3.53. The van der Waals surface area contributed by atoms with Gasteiger partial charge in [0, 0.05) is 12.2 Å². The van der Waals surface area contributed by atoms with Crippen LogP contribution in [0, 0.1) is 0 Å². The van der Waals surface area contributed by atoms with E-state index in [-0.39, 0.29) is 11.8 Å². The number of carbonyl (C=O) groups excluding carboxylic acids is 2. The third-order valence-corrected chi connectivity index (χ3v) is 4.80. The molecule has 0 aromatic rings. The molecule has 106 valence electrons. The number of hydrogen-bond donors (Lipinski definition) is 2. The molecule has 0 aromatic heterocycles. The number of hydrogen-bond acceptors (Lipinski definition) is 4. The van der Waals surface area contributed by atoms with Gasteiger partial charge in [0.2, 0.25) is 11.8 Å². The molecule has 2 rings (SSSR count). The molecule has 2 amide bonds. The lowest BCUT2D eigenvalue weighted by Crippen LogP contribution is -2.62. The number of nitrogens with one attached hydrogen (secondary N) is 1. The SMILES string of the molecule is CCC(=O)N1CSCC1C(=O)NC1(C(=O)O)CCC1. The van der Waals surface area contributed by atoms with Crippen LogP contribution in [0.2, 0.25) is 0 Å². The van der Waals surface area contributed by atoms with Crippen LogP contribution in [0.4, 0.5) is 0 Å². The van der Waals surface area contributed by atoms with Gasteiger partial charge in [-0.3, -0.25) is 9.59 Å². The van der Waals surface area contributed by atoms with E-state index in [2.05, 4.69) is 5.32 Å². The van der Waals surface area contributed by atoms with E-state index in [1.54, 1.807) is 6.92 Å². The zero-order valence-electron chi connectivity index (χ0n) is 10.8. The van der Waals surface area contributed by atoms with Gasteiger partial charge in [0.25, 0.3) is 0 Å². The average molecular weight is 286 g/mol. The summed E-state index contributed by atoms with van der Waals surface area (Å²) in [5.41, 5.74) is -1.11. The van der Waals surface area contributed by atoms with Crippen molar-refractivity contribution < 1.29 is 19.5 Å². The molecule has 0 bridgehead atoms. The molecule has 7 heteroatoms. The first-order valence-electron chi connectivity index (χ1n) is 6.43. The first kappa shape index (κ1) is 14.2. The number of aliphatic carboxylic acids is 1. The fourth-order valence-electron chi connectivity index (χ4n) is 2.35. The molecule has 1 unspecified atom stereocenters. The van der Waals surface area contributed by atoms with Gasteiger partial charge in [0.1, 0.15) is 11.6 Å². The predicted molar refractivity (Wildman–Crippen MR) is 70.6 cm³/mol. The minimum Gasteiger partial charge on any atom is -0.480 e. The van der Waals surface area contributed by atoms with Crippen LogP contribution in [0.15, 0.2) is 0 Å². The van der Waals surface area contributed by atoms with Crippen molar-refractivity contribution in [2.45, 2.75) is 44.2 Å². The van der Waals surface area contributed by atoms with Gasteiger partial charge in [-0.25, -0.2) is 4.79 Å². The van der Waals surface area contributed by atoms with E-state index in [4.69, 9.17) is 0 Å². The molecular formula is C12H18N2O4S. The lowest BCUT2D eigenvalue weighted by molar-refractivity contribution is -0.153. The highest BCUT2D eigenvalue weighted by molar-refractivity contribution is 7.99. The summed E-state index contributed by atoms with van der Waals surface area (Å²) in [6.45, 7) is 1.75. The van der Waals surface area contributed by atoms with Crippen molar-refractivity contribution in [2.24, 2.45) is 0 Å². The Morgan fingerprint density at radius 2 is 2.11 bits per heavy atom. The topological polar surface area (TPSA) is 86.7 Å². The summed E-state index contributed by atoms with van der Waals surface area (Å²) >= 11 is 1.52. The van der Waals surface area contributed by atoms with E-state index >= 15 is 0 Å². The van der Waals surface area contributed by atoms with Gasteiger partial charge in [0.15, 0.2) is 0 Å². The molecule has 2 fully saturated rings. The van der Waals surface area contributed by atoms with Crippen LogP contribution in [-0.2, 0) is 14.4 Å². The second-order valence-electron chi connectivity index (χ2n) is 4.96. The molecule has 2 aliphatic rings. The zero-order valence-corrected chi connectivity index (χ0v) is 11.7. The molecule has 6 nitrogen and oxygen atoms in total. The number of carboxylic acids is 1. The maximum atomic E-state index is 12.2. The Balaban J connectivity index is 2.03. The van der Waals surface area contributed by atoms with E-state index in [9.17, 15) is 19.5 Å². The lowest BCUT2D eigenvalue weighted by atomic mass is 9.76. The van der Waals surface area contributed by atoms with E-state index in [0.29, 0.717) is 30.9 Å². The molecule has 1 atom stereocenters. The monoisotopic (exact) mass is 286 g/mol. The number of thioether (sulfide) groups is 1. The number of carboxylic acid groups (broad SMARTS) is 1. The minimum atomic E-state index is -1.11. The molecule has 0 spiro atoms. The molecule has 1 aliphatic carbocycles. The van der Waals surface area contributed by atoms with E-state index in [0.717, 1.165) is 6.42 Å². The number of carbonyl (C=O) groups is 3. The molecule has 1 saturated heterocycles. The Morgan fingerprint density at radius 1 is 1.42 bits per heavy atom. The average Bonchev–Trinajstić information content (AvgIpc) is 2.81. The third kappa shape index (κ3) is 2.56. The highest BCUT2D eigenvalue weighted by Gasteiger charge is 2.47. The largest absolute Gasteiger partial charge is 0.480 e. The third-order valence-electron chi connectivity index (χ3n) is 3.79. The number of amides is 2. The Bertz CT molecular complexity index is 409. The van der Waals surface area contributed by atoms with Crippen LogP contribution in [0.1, 0.15) is 32.6 Å². The summed E-state index contributed by atoms with van der Waals surface area (Å²) in [6.07, 6.45) is 2.10. The van der Waals surface area contributed by atoms with E-state index in [1.165, 1.54) is 16.7 Å². The van der Waals surface area contributed by atoms with Gasteiger partial charge >= 0.3 is 5.97 Å². The number of rotatable bonds is 4. The highest BCUT2D eigenvalue weighted by Crippen LogP contribution is 2.33. The molecule has 1 heterocycles. The predicted octanol–water partition coefficient (Wildman–Crippen LogP) is 0.421. The second kappa shape index (κ2) is 5.40. The van der Waals surface area contributed by atoms with Crippen LogP contribution in [0.5, 0.6) is 0 Å². The standard InChI is InChI=1S/C12H18N2O4S/c1-2-9(15)14-7-19-6-8(14)10(16)13-12(11(17)18)4-3-5-12/h8H,2-7H2,1H3,(H,13,16)(H,17,18). The maximum absolute atomic E-state index is 12.2. The van der Waals surface area contributed by atoms with Crippen molar-refractivity contribution >= 4 is 29.5 Å². The summed E-state index contributed by atoms with van der Waals surface area (Å²) in [5.74, 6) is -0.346. The van der Waals surface area contributed by atoms with Crippen molar-refractivity contribution in [3.8, 4) is 0 Å². The Kier molecular flexibility index (Phi) is 4.03. The van der Waals surface area contributed by atoms with Crippen molar-refractivity contribution in [2.75, 3.05) is 11.6 Å². The number of nitrogens with zero attached hydrogens (tertiary/aromatic N) is 1. The van der Waals surface area contributed by atoms with Gasteiger partial charge in [-0.2, -0.15) is 0 Å². The van der Waals surface area contributed by atoms with Crippen LogP contribution < -0.4 is 5.32 Å². The summed E-state index contributed by atoms with van der Waals surface area (Å²) in [6, 6.07) is -0.533. The van der Waals surface area contributed by atoms with Crippen LogP contribution >= 0.6 is 11.8 Å². The molecular weight excluding hydrogens is 268 g/mol. The van der Waals surface area contributed by atoms with Crippen molar-refractivity contribution in [3.05, 3.63) is 0 Å². The van der Waals surface area contributed by atoms with Gasteiger partial charge in [-0.1, -0.05) is 6.92 Å². The summed E-state index contributed by atoms with van der Waals surface area (Å²) < 4.78 is 0. The second-order valence-corrected chi connectivity index (χ2v) is 5.96. The van der Waals surface area contributed by atoms with Gasteiger partial charge < -0.3 is 15.3 Å². The Hall–Kier alpha value is -1.24.